The van der Waals surface area contributed by atoms with Gasteiger partial charge in [-0.05, 0) is 19.4 Å². The summed E-state index contributed by atoms with van der Waals surface area (Å²) in [7, 11) is 0. The second-order valence-corrected chi connectivity index (χ2v) is 5.18. The molecule has 4 heteroatoms. The van der Waals surface area contributed by atoms with Gasteiger partial charge in [0.15, 0.2) is 0 Å². The molecule has 0 fully saturated rings. The highest BCUT2D eigenvalue weighted by Crippen LogP contribution is 2.26. The molecule has 1 aromatic rings. The molecule has 0 saturated heterocycles. The zero-order chi connectivity index (χ0) is 13.5. The summed E-state index contributed by atoms with van der Waals surface area (Å²) in [5, 5.41) is 9.21. The normalized spacial score (nSPS) is 12.9. The lowest BCUT2D eigenvalue weighted by Gasteiger charge is -2.34. The molecule has 0 aliphatic heterocycles. The topological polar surface area (TPSA) is 49.5 Å². The number of aliphatic hydroxyl groups is 1. The maximum Gasteiger partial charge on any atom is 0.0746 e. The number of nitrogens with zero attached hydrogens (tertiary/aromatic N) is 1. The number of thiocarbonyl (C=S) groups is 1. The predicted octanol–water partition coefficient (Wildman–Crippen LogP) is 2.11. The molecule has 3 nitrogen and oxygen atoms in total. The number of hydrogen-bond donors (Lipinski definition) is 2. The molecule has 1 atom stereocenters. The Morgan fingerprint density at radius 2 is 1.94 bits per heavy atom. The lowest BCUT2D eigenvalue weighted by Crippen LogP contribution is -2.38. The van der Waals surface area contributed by atoms with E-state index in [-0.39, 0.29) is 12.6 Å². The minimum absolute atomic E-state index is 0.135. The Kier molecular flexibility index (Phi) is 6.25. The van der Waals surface area contributed by atoms with Crippen molar-refractivity contribution >= 4 is 17.2 Å². The van der Waals surface area contributed by atoms with Crippen LogP contribution in [0.3, 0.4) is 0 Å². The van der Waals surface area contributed by atoms with Crippen LogP contribution in [0.15, 0.2) is 30.3 Å². The monoisotopic (exact) mass is 266 g/mol. The van der Waals surface area contributed by atoms with Gasteiger partial charge in [0.05, 0.1) is 11.6 Å². The number of nitrogens with two attached hydrogens (primary N) is 1. The van der Waals surface area contributed by atoms with Crippen LogP contribution in [0.25, 0.3) is 0 Å². The first kappa shape index (κ1) is 15.1. The third kappa shape index (κ3) is 4.37. The Labute approximate surface area is 115 Å². The first-order valence-corrected chi connectivity index (χ1v) is 6.67. The van der Waals surface area contributed by atoms with Gasteiger partial charge in [0.1, 0.15) is 0 Å². The summed E-state index contributed by atoms with van der Waals surface area (Å²) in [4.78, 5) is 2.74. The van der Waals surface area contributed by atoms with E-state index in [0.717, 1.165) is 0 Å². The molecule has 0 aliphatic carbocycles. The van der Waals surface area contributed by atoms with Gasteiger partial charge in [0.2, 0.25) is 0 Å². The summed E-state index contributed by atoms with van der Waals surface area (Å²) < 4.78 is 0. The van der Waals surface area contributed by atoms with Gasteiger partial charge in [-0.1, -0.05) is 42.5 Å². The molecule has 0 spiro atoms. The van der Waals surface area contributed by atoms with Crippen LogP contribution in [-0.4, -0.2) is 34.2 Å². The molecule has 1 rings (SSSR count). The van der Waals surface area contributed by atoms with E-state index in [1.165, 1.54) is 5.56 Å². The highest BCUT2D eigenvalue weighted by molar-refractivity contribution is 7.80. The van der Waals surface area contributed by atoms with Crippen molar-refractivity contribution in [2.75, 3.05) is 13.2 Å². The van der Waals surface area contributed by atoms with Crippen LogP contribution >= 0.6 is 12.2 Å². The molecule has 0 saturated carbocycles. The van der Waals surface area contributed by atoms with Gasteiger partial charge in [0.25, 0.3) is 0 Å². The van der Waals surface area contributed by atoms with E-state index >= 15 is 0 Å². The zero-order valence-electron chi connectivity index (χ0n) is 11.0. The maximum atomic E-state index is 9.21. The molecule has 0 amide bonds. The van der Waals surface area contributed by atoms with Crippen molar-refractivity contribution in [2.45, 2.75) is 32.4 Å². The SMILES string of the molecule is CC(C)N(CCO)C(CC(N)=S)c1ccccc1. The second kappa shape index (κ2) is 7.46. The summed E-state index contributed by atoms with van der Waals surface area (Å²) in [6, 6.07) is 10.6. The standard InChI is InChI=1S/C14H22N2OS/c1-11(2)16(8-9-17)13(10-14(15)18)12-6-4-3-5-7-12/h3-7,11,13,17H,8-10H2,1-2H3,(H2,15,18). The molecule has 0 radical (unpaired) electrons. The Hall–Kier alpha value is -0.970. The zero-order valence-corrected chi connectivity index (χ0v) is 11.9. The van der Waals surface area contributed by atoms with E-state index in [1.54, 1.807) is 0 Å². The van der Waals surface area contributed by atoms with Crippen LogP contribution in [-0.2, 0) is 0 Å². The largest absolute Gasteiger partial charge is 0.395 e. The van der Waals surface area contributed by atoms with Gasteiger partial charge < -0.3 is 10.8 Å². The summed E-state index contributed by atoms with van der Waals surface area (Å²) >= 11 is 5.05. The van der Waals surface area contributed by atoms with Gasteiger partial charge in [0, 0.05) is 25.0 Å². The van der Waals surface area contributed by atoms with E-state index in [2.05, 4.69) is 30.9 Å². The van der Waals surface area contributed by atoms with Crippen molar-refractivity contribution in [3.8, 4) is 0 Å². The van der Waals surface area contributed by atoms with Crippen molar-refractivity contribution in [3.63, 3.8) is 0 Å². The molecule has 0 heterocycles. The van der Waals surface area contributed by atoms with Gasteiger partial charge in [-0.2, -0.15) is 0 Å². The molecule has 3 N–H and O–H groups in total. The number of benzene rings is 1. The van der Waals surface area contributed by atoms with Crippen molar-refractivity contribution in [2.24, 2.45) is 5.73 Å². The summed E-state index contributed by atoms with van der Waals surface area (Å²) in [6.45, 7) is 5.00. The summed E-state index contributed by atoms with van der Waals surface area (Å²) in [5.74, 6) is 0. The fraction of sp³-hybridized carbons (Fsp3) is 0.500. The number of hydrogen-bond acceptors (Lipinski definition) is 3. The molecule has 0 aromatic heterocycles. The molecular weight excluding hydrogens is 244 g/mol. The molecular formula is C14H22N2OS. The van der Waals surface area contributed by atoms with Crippen molar-refractivity contribution < 1.29 is 5.11 Å². The first-order chi connectivity index (χ1) is 8.56. The van der Waals surface area contributed by atoms with Crippen LogP contribution in [0, 0.1) is 0 Å². The average molecular weight is 266 g/mol. The Morgan fingerprint density at radius 1 is 1.33 bits per heavy atom. The van der Waals surface area contributed by atoms with E-state index in [0.29, 0.717) is 24.0 Å². The van der Waals surface area contributed by atoms with Crippen molar-refractivity contribution in [1.29, 1.82) is 0 Å². The Balaban J connectivity index is 2.99. The van der Waals surface area contributed by atoms with Crippen LogP contribution in [0.5, 0.6) is 0 Å². The lowest BCUT2D eigenvalue weighted by atomic mass is 10.0. The van der Waals surface area contributed by atoms with E-state index in [1.807, 2.05) is 18.2 Å². The third-order valence-corrected chi connectivity index (χ3v) is 3.17. The lowest BCUT2D eigenvalue weighted by molar-refractivity contribution is 0.120. The van der Waals surface area contributed by atoms with Crippen LogP contribution in [0.2, 0.25) is 0 Å². The maximum absolute atomic E-state index is 9.21. The summed E-state index contributed by atoms with van der Waals surface area (Å²) in [6.07, 6.45) is 0.636. The molecule has 1 unspecified atom stereocenters. The Bertz CT molecular complexity index is 367. The highest BCUT2D eigenvalue weighted by atomic mass is 32.1. The smallest absolute Gasteiger partial charge is 0.0746 e. The predicted molar refractivity (Wildman–Crippen MR) is 79.5 cm³/mol. The van der Waals surface area contributed by atoms with Crippen molar-refractivity contribution in [3.05, 3.63) is 35.9 Å². The second-order valence-electron chi connectivity index (χ2n) is 4.65. The number of aliphatic hydroxyl groups excluding tert-OH is 1. The fourth-order valence-corrected chi connectivity index (χ4v) is 2.34. The molecule has 100 valence electrons. The van der Waals surface area contributed by atoms with E-state index < -0.39 is 0 Å². The van der Waals surface area contributed by atoms with Gasteiger partial charge in [-0.3, -0.25) is 4.90 Å². The van der Waals surface area contributed by atoms with Gasteiger partial charge in [-0.25, -0.2) is 0 Å². The van der Waals surface area contributed by atoms with Crippen LogP contribution in [0.4, 0.5) is 0 Å². The van der Waals surface area contributed by atoms with E-state index in [9.17, 15) is 5.11 Å². The minimum Gasteiger partial charge on any atom is -0.395 e. The van der Waals surface area contributed by atoms with Crippen LogP contribution < -0.4 is 5.73 Å². The molecule has 0 bridgehead atoms. The highest BCUT2D eigenvalue weighted by Gasteiger charge is 2.22. The minimum atomic E-state index is 0.135. The first-order valence-electron chi connectivity index (χ1n) is 6.26. The van der Waals surface area contributed by atoms with Gasteiger partial charge >= 0.3 is 0 Å². The fourth-order valence-electron chi connectivity index (χ4n) is 2.18. The number of rotatable bonds is 7. The Morgan fingerprint density at radius 3 is 2.39 bits per heavy atom. The van der Waals surface area contributed by atoms with Crippen molar-refractivity contribution in [1.82, 2.24) is 4.90 Å². The molecule has 0 aliphatic rings. The molecule has 1 aromatic carbocycles. The van der Waals surface area contributed by atoms with Crippen LogP contribution in [0.1, 0.15) is 31.9 Å². The van der Waals surface area contributed by atoms with E-state index in [4.69, 9.17) is 18.0 Å². The quantitative estimate of drug-likeness (QED) is 0.742. The average Bonchev–Trinajstić information content (AvgIpc) is 2.34. The molecule has 18 heavy (non-hydrogen) atoms. The third-order valence-electron chi connectivity index (χ3n) is 3.00. The summed E-state index contributed by atoms with van der Waals surface area (Å²) in [5.41, 5.74) is 6.89. The van der Waals surface area contributed by atoms with Gasteiger partial charge in [-0.15, -0.1) is 0 Å².